The Kier molecular flexibility index (Phi) is 4.65. The summed E-state index contributed by atoms with van der Waals surface area (Å²) in [6.45, 7) is 12.8. The molecule has 2 heteroatoms. The third kappa shape index (κ3) is 3.25. The van der Waals surface area contributed by atoms with Crippen LogP contribution < -0.4 is 0 Å². The molecule has 0 N–H and O–H groups in total. The van der Waals surface area contributed by atoms with Crippen LogP contribution in [0.3, 0.4) is 0 Å². The Hall–Kier alpha value is -1.05. The van der Waals surface area contributed by atoms with Crippen LogP contribution in [0.15, 0.2) is 23.8 Å². The minimum Gasteiger partial charge on any atom is -0.461 e. The maximum absolute atomic E-state index is 12.5. The summed E-state index contributed by atoms with van der Waals surface area (Å²) in [6.07, 6.45) is 8.69. The van der Waals surface area contributed by atoms with Gasteiger partial charge in [0.25, 0.3) is 0 Å². The first-order valence-electron chi connectivity index (χ1n) is 8.37. The van der Waals surface area contributed by atoms with Crippen LogP contribution in [-0.4, -0.2) is 12.1 Å². The fourth-order valence-electron chi connectivity index (χ4n) is 3.37. The van der Waals surface area contributed by atoms with Crippen molar-refractivity contribution in [2.75, 3.05) is 0 Å². The van der Waals surface area contributed by atoms with Crippen LogP contribution in [0.25, 0.3) is 0 Å². The van der Waals surface area contributed by atoms with E-state index in [1.54, 1.807) is 0 Å². The average molecular weight is 290 g/mol. The lowest BCUT2D eigenvalue weighted by Gasteiger charge is -2.42. The molecule has 0 fully saturated rings. The first-order valence-corrected chi connectivity index (χ1v) is 8.37. The minimum atomic E-state index is -0.385. The zero-order valence-electron chi connectivity index (χ0n) is 14.3. The quantitative estimate of drug-likeness (QED) is 0.701. The third-order valence-electron chi connectivity index (χ3n) is 5.55. The van der Waals surface area contributed by atoms with Gasteiger partial charge in [0.1, 0.15) is 6.10 Å². The van der Waals surface area contributed by atoms with Crippen LogP contribution >= 0.6 is 0 Å². The van der Waals surface area contributed by atoms with E-state index in [0.717, 1.165) is 12.8 Å². The van der Waals surface area contributed by atoms with E-state index >= 15 is 0 Å². The van der Waals surface area contributed by atoms with E-state index in [1.165, 1.54) is 5.57 Å². The predicted octanol–water partition coefficient (Wildman–Crippen LogP) is 4.76. The molecule has 0 amide bonds. The smallest absolute Gasteiger partial charge is 0.311 e. The molecule has 2 aliphatic rings. The molecule has 2 rings (SSSR count). The van der Waals surface area contributed by atoms with Gasteiger partial charge in [-0.1, -0.05) is 45.9 Å². The highest BCUT2D eigenvalue weighted by Gasteiger charge is 2.41. The maximum atomic E-state index is 12.5. The van der Waals surface area contributed by atoms with Crippen molar-refractivity contribution < 1.29 is 9.53 Å². The highest BCUT2D eigenvalue weighted by molar-refractivity contribution is 5.76. The molecule has 2 unspecified atom stereocenters. The summed E-state index contributed by atoms with van der Waals surface area (Å²) in [5.74, 6) is 1.86. The van der Waals surface area contributed by atoms with E-state index in [0.29, 0.717) is 23.7 Å². The average Bonchev–Trinajstić information content (AvgIpc) is 2.42. The first-order chi connectivity index (χ1) is 9.76. The van der Waals surface area contributed by atoms with Crippen LogP contribution in [0.4, 0.5) is 0 Å². The molecule has 0 bridgehead atoms. The van der Waals surface area contributed by atoms with E-state index in [4.69, 9.17) is 4.74 Å². The van der Waals surface area contributed by atoms with Crippen LogP contribution in [0.2, 0.25) is 0 Å². The Morgan fingerprint density at radius 3 is 2.62 bits per heavy atom. The number of allylic oxidation sites excluding steroid dienone is 3. The maximum Gasteiger partial charge on any atom is 0.311 e. The van der Waals surface area contributed by atoms with Crippen LogP contribution in [0.1, 0.15) is 54.4 Å². The number of hydrogen-bond donors (Lipinski definition) is 0. The summed E-state index contributed by atoms with van der Waals surface area (Å²) < 4.78 is 5.99. The van der Waals surface area contributed by atoms with Gasteiger partial charge in [-0.05, 0) is 50.0 Å². The van der Waals surface area contributed by atoms with Gasteiger partial charge in [0.05, 0.1) is 5.41 Å². The number of carbonyl (C=O) groups is 1. The van der Waals surface area contributed by atoms with Gasteiger partial charge < -0.3 is 4.74 Å². The standard InChI is InChI=1S/C19H30O2/c1-7-19(5,6)18(20)21-16-11-12(2)10-15-9-8-13(3)14(4)17(15)16/h8-10,12-14,16-17H,7,11H2,1-6H3/t12-,13+,14?,16-,17?/m0/s1. The van der Waals surface area contributed by atoms with Crippen molar-refractivity contribution in [1.29, 1.82) is 0 Å². The molecule has 0 aliphatic heterocycles. The predicted molar refractivity (Wildman–Crippen MR) is 86.8 cm³/mol. The Bertz CT molecular complexity index is 458. The summed E-state index contributed by atoms with van der Waals surface area (Å²) in [5, 5.41) is 0. The molecule has 0 saturated carbocycles. The van der Waals surface area contributed by atoms with Crippen molar-refractivity contribution in [2.45, 2.75) is 60.5 Å². The number of carbonyl (C=O) groups excluding carboxylic acids is 1. The largest absolute Gasteiger partial charge is 0.461 e. The molecule has 0 aromatic carbocycles. The van der Waals surface area contributed by atoms with Crippen LogP contribution in [-0.2, 0) is 9.53 Å². The van der Waals surface area contributed by atoms with Gasteiger partial charge in [-0.3, -0.25) is 4.79 Å². The number of esters is 1. The summed E-state index contributed by atoms with van der Waals surface area (Å²) in [6, 6.07) is 0. The molecule has 0 spiro atoms. The van der Waals surface area contributed by atoms with E-state index in [9.17, 15) is 4.79 Å². The molecule has 0 heterocycles. The third-order valence-corrected chi connectivity index (χ3v) is 5.55. The second kappa shape index (κ2) is 5.98. The Morgan fingerprint density at radius 2 is 2.00 bits per heavy atom. The van der Waals surface area contributed by atoms with Gasteiger partial charge in [0.15, 0.2) is 0 Å². The fourth-order valence-corrected chi connectivity index (χ4v) is 3.37. The molecule has 0 aromatic heterocycles. The lowest BCUT2D eigenvalue weighted by atomic mass is 9.67. The molecule has 118 valence electrons. The van der Waals surface area contributed by atoms with Gasteiger partial charge in [0, 0.05) is 5.92 Å². The van der Waals surface area contributed by atoms with E-state index in [2.05, 4.69) is 39.0 Å². The molecule has 2 nitrogen and oxygen atoms in total. The normalized spacial score (nSPS) is 35.9. The summed E-state index contributed by atoms with van der Waals surface area (Å²) in [5.41, 5.74) is 0.982. The van der Waals surface area contributed by atoms with Crippen molar-refractivity contribution in [2.24, 2.45) is 29.1 Å². The highest BCUT2D eigenvalue weighted by Crippen LogP contribution is 2.43. The number of ether oxygens (including phenoxy) is 1. The lowest BCUT2D eigenvalue weighted by molar-refractivity contribution is -0.164. The Labute approximate surface area is 129 Å². The fraction of sp³-hybridized carbons (Fsp3) is 0.737. The van der Waals surface area contributed by atoms with Crippen LogP contribution in [0.5, 0.6) is 0 Å². The molecule has 0 aromatic rings. The van der Waals surface area contributed by atoms with Crippen molar-refractivity contribution in [3.8, 4) is 0 Å². The van der Waals surface area contributed by atoms with Crippen molar-refractivity contribution >= 4 is 5.97 Å². The van der Waals surface area contributed by atoms with Crippen molar-refractivity contribution in [3.63, 3.8) is 0 Å². The van der Waals surface area contributed by atoms with Gasteiger partial charge in [-0.2, -0.15) is 0 Å². The summed E-state index contributed by atoms with van der Waals surface area (Å²) in [7, 11) is 0. The summed E-state index contributed by atoms with van der Waals surface area (Å²) >= 11 is 0. The van der Waals surface area contributed by atoms with Gasteiger partial charge in [-0.15, -0.1) is 0 Å². The molecular formula is C19H30O2. The van der Waals surface area contributed by atoms with Gasteiger partial charge in [0.2, 0.25) is 0 Å². The molecule has 5 atom stereocenters. The van der Waals surface area contributed by atoms with E-state index in [1.807, 2.05) is 20.8 Å². The van der Waals surface area contributed by atoms with Gasteiger partial charge >= 0.3 is 5.97 Å². The van der Waals surface area contributed by atoms with Crippen molar-refractivity contribution in [1.82, 2.24) is 0 Å². The highest BCUT2D eigenvalue weighted by atomic mass is 16.5. The molecule has 21 heavy (non-hydrogen) atoms. The number of rotatable bonds is 3. The molecule has 0 radical (unpaired) electrons. The SMILES string of the molecule is CCC(C)(C)C(=O)O[C@H]1C[C@@H](C)C=C2C=C[C@@H](C)C(C)C21. The molecular weight excluding hydrogens is 260 g/mol. The number of hydrogen-bond acceptors (Lipinski definition) is 2. The zero-order chi connectivity index (χ0) is 15.8. The second-order valence-corrected chi connectivity index (χ2v) is 7.66. The zero-order valence-corrected chi connectivity index (χ0v) is 14.3. The number of fused-ring (bicyclic) bond motifs is 1. The van der Waals surface area contributed by atoms with Gasteiger partial charge in [-0.25, -0.2) is 0 Å². The topological polar surface area (TPSA) is 26.3 Å². The van der Waals surface area contributed by atoms with Crippen molar-refractivity contribution in [3.05, 3.63) is 23.8 Å². The van der Waals surface area contributed by atoms with E-state index in [-0.39, 0.29) is 17.5 Å². The minimum absolute atomic E-state index is 0.0284. The van der Waals surface area contributed by atoms with E-state index < -0.39 is 0 Å². The first kappa shape index (κ1) is 16.3. The molecule has 0 saturated heterocycles. The summed E-state index contributed by atoms with van der Waals surface area (Å²) in [4.78, 5) is 12.5. The Morgan fingerprint density at radius 1 is 1.33 bits per heavy atom. The Balaban J connectivity index is 2.22. The lowest BCUT2D eigenvalue weighted by Crippen LogP contribution is -2.41. The monoisotopic (exact) mass is 290 g/mol. The van der Waals surface area contributed by atoms with Crippen LogP contribution in [0, 0.1) is 29.1 Å². The molecule has 2 aliphatic carbocycles. The second-order valence-electron chi connectivity index (χ2n) is 7.66.